The Hall–Kier alpha value is -2.70. The molecule has 1 unspecified atom stereocenters. The quantitative estimate of drug-likeness (QED) is 0.471. The predicted octanol–water partition coefficient (Wildman–Crippen LogP) is 2.86. The van der Waals surface area contributed by atoms with Crippen molar-refractivity contribution in [2.24, 2.45) is 0 Å². The fourth-order valence-corrected chi connectivity index (χ4v) is 3.84. The maximum absolute atomic E-state index is 12.8. The number of pyridine rings is 1. The van der Waals surface area contributed by atoms with Gasteiger partial charge in [0, 0.05) is 30.5 Å². The molecule has 1 aromatic heterocycles. The van der Waals surface area contributed by atoms with E-state index in [-0.39, 0.29) is 24.0 Å². The van der Waals surface area contributed by atoms with Gasteiger partial charge in [-0.1, -0.05) is 24.3 Å². The van der Waals surface area contributed by atoms with E-state index < -0.39 is 0 Å². The molecule has 0 aliphatic carbocycles. The van der Waals surface area contributed by atoms with E-state index in [4.69, 9.17) is 9.47 Å². The van der Waals surface area contributed by atoms with Crippen molar-refractivity contribution in [3.8, 4) is 0 Å². The second-order valence-corrected chi connectivity index (χ2v) is 7.36. The van der Waals surface area contributed by atoms with Crippen LogP contribution < -0.4 is 10.7 Å². The minimum absolute atomic E-state index is 0.00347. The Morgan fingerprint density at radius 1 is 1.10 bits per heavy atom. The van der Waals surface area contributed by atoms with E-state index in [1.165, 1.54) is 0 Å². The normalized spacial score (nSPS) is 16.5. The Kier molecular flexibility index (Phi) is 6.22. The molecule has 1 aliphatic rings. The van der Waals surface area contributed by atoms with Gasteiger partial charge in [0.15, 0.2) is 5.43 Å². The first kappa shape index (κ1) is 19.6. The number of nitrogens with one attached hydrogen (secondary N) is 1. The van der Waals surface area contributed by atoms with Gasteiger partial charge < -0.3 is 19.4 Å². The Labute approximate surface area is 169 Å². The minimum Gasteiger partial charge on any atom is -0.379 e. The number of nitrogens with zero attached hydrogens (tertiary/aromatic N) is 1. The minimum atomic E-state index is -0.0805. The molecule has 6 heteroatoms. The molecule has 6 nitrogen and oxygen atoms in total. The summed E-state index contributed by atoms with van der Waals surface area (Å²) in [5, 5.41) is 4.21. The first-order valence-corrected chi connectivity index (χ1v) is 10.2. The van der Waals surface area contributed by atoms with Crippen molar-refractivity contribution in [1.29, 1.82) is 0 Å². The molecular weight excluding hydrogens is 368 g/mol. The number of carbonyl (C=O) groups excluding carboxylic acids is 1. The predicted molar refractivity (Wildman–Crippen MR) is 113 cm³/mol. The van der Waals surface area contributed by atoms with E-state index in [0.717, 1.165) is 36.9 Å². The van der Waals surface area contributed by atoms with Crippen LogP contribution >= 0.6 is 0 Å². The van der Waals surface area contributed by atoms with Crippen molar-refractivity contribution in [3.05, 3.63) is 58.8 Å². The van der Waals surface area contributed by atoms with E-state index in [0.29, 0.717) is 30.5 Å². The van der Waals surface area contributed by atoms with Crippen molar-refractivity contribution < 1.29 is 14.3 Å². The molecule has 1 saturated heterocycles. The van der Waals surface area contributed by atoms with Crippen LogP contribution in [0.3, 0.4) is 0 Å². The SMILES string of the molecule is O=C(Cn1c2ccccc2c(=O)c2ccccc21)NCCCOCC1CCCO1. The zero-order valence-corrected chi connectivity index (χ0v) is 16.4. The number of amides is 1. The fourth-order valence-electron chi connectivity index (χ4n) is 3.84. The maximum atomic E-state index is 12.8. The highest BCUT2D eigenvalue weighted by atomic mass is 16.5. The topological polar surface area (TPSA) is 69.6 Å². The first-order valence-electron chi connectivity index (χ1n) is 10.2. The van der Waals surface area contributed by atoms with Crippen molar-refractivity contribution >= 4 is 27.7 Å². The number of rotatable bonds is 8. The highest BCUT2D eigenvalue weighted by molar-refractivity contribution is 5.94. The molecule has 29 heavy (non-hydrogen) atoms. The second kappa shape index (κ2) is 9.20. The van der Waals surface area contributed by atoms with Gasteiger partial charge >= 0.3 is 0 Å². The summed E-state index contributed by atoms with van der Waals surface area (Å²) in [6.45, 7) is 2.78. The standard InChI is InChI=1S/C23H26N2O4/c26-22(24-12-6-13-28-16-17-7-5-14-29-17)15-25-20-10-3-1-8-18(20)23(27)19-9-2-4-11-21(19)25/h1-4,8-11,17H,5-7,12-16H2,(H,24,26). The van der Waals surface area contributed by atoms with Gasteiger partial charge in [-0.05, 0) is 43.5 Å². The summed E-state index contributed by atoms with van der Waals surface area (Å²) in [6, 6.07) is 14.9. The third-order valence-electron chi connectivity index (χ3n) is 5.30. The van der Waals surface area contributed by atoms with Crippen LogP contribution in [0.4, 0.5) is 0 Å². The zero-order chi connectivity index (χ0) is 20.1. The first-order chi connectivity index (χ1) is 14.2. The van der Waals surface area contributed by atoms with Crippen molar-refractivity contribution in [3.63, 3.8) is 0 Å². The van der Waals surface area contributed by atoms with Gasteiger partial charge in [-0.25, -0.2) is 0 Å². The number of aromatic nitrogens is 1. The number of para-hydroxylation sites is 2. The molecule has 1 atom stereocenters. The zero-order valence-electron chi connectivity index (χ0n) is 16.4. The Balaban J connectivity index is 1.38. The molecule has 0 saturated carbocycles. The highest BCUT2D eigenvalue weighted by Crippen LogP contribution is 2.19. The molecule has 2 heterocycles. The molecule has 3 aromatic rings. The van der Waals surface area contributed by atoms with Gasteiger partial charge in [-0.15, -0.1) is 0 Å². The van der Waals surface area contributed by atoms with Gasteiger partial charge in [-0.2, -0.15) is 0 Å². The van der Waals surface area contributed by atoms with Crippen LogP contribution in [0, 0.1) is 0 Å². The molecule has 152 valence electrons. The van der Waals surface area contributed by atoms with E-state index >= 15 is 0 Å². The lowest BCUT2D eigenvalue weighted by molar-refractivity contribution is -0.121. The molecule has 1 amide bonds. The molecule has 0 bridgehead atoms. The molecule has 4 rings (SSSR count). The van der Waals surface area contributed by atoms with Crippen molar-refractivity contribution in [2.75, 3.05) is 26.4 Å². The Morgan fingerprint density at radius 2 is 1.79 bits per heavy atom. The Morgan fingerprint density at radius 3 is 2.45 bits per heavy atom. The average molecular weight is 394 g/mol. The van der Waals surface area contributed by atoms with E-state index in [1.807, 2.05) is 53.1 Å². The van der Waals surface area contributed by atoms with Crippen LogP contribution in [0.5, 0.6) is 0 Å². The lowest BCUT2D eigenvalue weighted by Crippen LogP contribution is -2.30. The summed E-state index contributed by atoms with van der Waals surface area (Å²) >= 11 is 0. The summed E-state index contributed by atoms with van der Waals surface area (Å²) in [5.74, 6) is -0.0805. The van der Waals surface area contributed by atoms with Crippen molar-refractivity contribution in [2.45, 2.75) is 31.9 Å². The second-order valence-electron chi connectivity index (χ2n) is 7.36. The van der Waals surface area contributed by atoms with E-state index in [2.05, 4.69) is 5.32 Å². The molecule has 0 radical (unpaired) electrons. The molecule has 1 N–H and O–H groups in total. The van der Waals surface area contributed by atoms with Gasteiger partial charge in [0.05, 0.1) is 23.7 Å². The van der Waals surface area contributed by atoms with Crippen LogP contribution in [0.2, 0.25) is 0 Å². The Bertz CT molecular complexity index is 994. The molecule has 1 aliphatic heterocycles. The van der Waals surface area contributed by atoms with Crippen LogP contribution in [0.25, 0.3) is 21.8 Å². The number of hydrogen-bond donors (Lipinski definition) is 1. The number of fused-ring (bicyclic) bond motifs is 2. The van der Waals surface area contributed by atoms with E-state index in [9.17, 15) is 9.59 Å². The summed E-state index contributed by atoms with van der Waals surface area (Å²) in [5.41, 5.74) is 1.54. The lowest BCUT2D eigenvalue weighted by atomic mass is 10.1. The smallest absolute Gasteiger partial charge is 0.239 e. The summed E-state index contributed by atoms with van der Waals surface area (Å²) in [4.78, 5) is 25.3. The largest absolute Gasteiger partial charge is 0.379 e. The highest BCUT2D eigenvalue weighted by Gasteiger charge is 2.15. The molecule has 2 aromatic carbocycles. The third kappa shape index (κ3) is 4.49. The van der Waals surface area contributed by atoms with Crippen LogP contribution in [0.15, 0.2) is 53.3 Å². The fraction of sp³-hybridized carbons (Fsp3) is 0.391. The van der Waals surface area contributed by atoms with Crippen molar-refractivity contribution in [1.82, 2.24) is 9.88 Å². The van der Waals surface area contributed by atoms with Crippen LogP contribution in [-0.4, -0.2) is 42.9 Å². The number of carbonyl (C=O) groups is 1. The molecular formula is C23H26N2O4. The van der Waals surface area contributed by atoms with Gasteiger partial charge in [0.2, 0.25) is 5.91 Å². The lowest BCUT2D eigenvalue weighted by Gasteiger charge is -2.15. The summed E-state index contributed by atoms with van der Waals surface area (Å²) in [7, 11) is 0. The average Bonchev–Trinajstić information content (AvgIpc) is 3.27. The summed E-state index contributed by atoms with van der Waals surface area (Å²) < 4.78 is 13.1. The monoisotopic (exact) mass is 394 g/mol. The van der Waals surface area contributed by atoms with Gasteiger partial charge in [0.25, 0.3) is 0 Å². The number of ether oxygens (including phenoxy) is 2. The third-order valence-corrected chi connectivity index (χ3v) is 5.30. The number of hydrogen-bond acceptors (Lipinski definition) is 4. The van der Waals surface area contributed by atoms with Gasteiger partial charge in [0.1, 0.15) is 6.54 Å². The van der Waals surface area contributed by atoms with Crippen LogP contribution in [-0.2, 0) is 20.8 Å². The molecule has 0 spiro atoms. The molecule has 1 fully saturated rings. The van der Waals surface area contributed by atoms with Gasteiger partial charge in [-0.3, -0.25) is 9.59 Å². The summed E-state index contributed by atoms with van der Waals surface area (Å²) in [6.07, 6.45) is 3.16. The van der Waals surface area contributed by atoms with E-state index in [1.54, 1.807) is 0 Å². The maximum Gasteiger partial charge on any atom is 0.239 e. The van der Waals surface area contributed by atoms with Crippen LogP contribution in [0.1, 0.15) is 19.3 Å². The number of benzene rings is 2.